The zero-order chi connectivity index (χ0) is 18.1. The maximum Gasteiger partial charge on any atom is 0.346 e. The normalized spacial score (nSPS) is 11.1. The summed E-state index contributed by atoms with van der Waals surface area (Å²) in [7, 11) is -3.97. The van der Waals surface area contributed by atoms with Crippen molar-refractivity contribution in [3.63, 3.8) is 0 Å². The molecule has 0 aliphatic rings. The molecule has 7 nitrogen and oxygen atoms in total. The van der Waals surface area contributed by atoms with E-state index in [2.05, 4.69) is 10.0 Å². The Labute approximate surface area is 147 Å². The predicted octanol–water partition coefficient (Wildman–Crippen LogP) is 3.17. The van der Waals surface area contributed by atoms with E-state index in [1.54, 1.807) is 0 Å². The van der Waals surface area contributed by atoms with Crippen molar-refractivity contribution < 1.29 is 23.1 Å². The van der Waals surface area contributed by atoms with Crippen LogP contribution in [0, 0.1) is 6.92 Å². The third-order valence-electron chi connectivity index (χ3n) is 2.89. The van der Waals surface area contributed by atoms with Gasteiger partial charge in [0.1, 0.15) is 9.09 Å². The molecular formula is C14H13ClN2O5S2. The largest absolute Gasteiger partial charge is 0.477 e. The number of hydrogen-bond donors (Lipinski definition) is 3. The summed E-state index contributed by atoms with van der Waals surface area (Å²) >= 11 is 6.69. The lowest BCUT2D eigenvalue weighted by atomic mass is 10.3. The molecule has 1 amide bonds. The van der Waals surface area contributed by atoms with E-state index in [1.165, 1.54) is 38.1 Å². The topological polar surface area (TPSA) is 113 Å². The van der Waals surface area contributed by atoms with E-state index >= 15 is 0 Å². The molecule has 128 valence electrons. The number of aryl methyl sites for hydroxylation is 1. The van der Waals surface area contributed by atoms with Crippen LogP contribution in [0.1, 0.15) is 22.2 Å². The molecule has 0 atom stereocenters. The lowest BCUT2D eigenvalue weighted by Gasteiger charge is -2.10. The first kappa shape index (κ1) is 18.2. The molecule has 0 unspecified atom stereocenters. The van der Waals surface area contributed by atoms with Gasteiger partial charge in [-0.05, 0) is 36.8 Å². The van der Waals surface area contributed by atoms with E-state index in [-0.39, 0.29) is 25.7 Å². The van der Waals surface area contributed by atoms with Gasteiger partial charge in [-0.15, -0.1) is 11.3 Å². The number of nitrogens with one attached hydrogen (secondary N) is 2. The van der Waals surface area contributed by atoms with Gasteiger partial charge in [-0.1, -0.05) is 11.6 Å². The smallest absolute Gasteiger partial charge is 0.346 e. The summed E-state index contributed by atoms with van der Waals surface area (Å²) in [5.41, 5.74) is 0.907. The molecule has 1 heterocycles. The van der Waals surface area contributed by atoms with Crippen LogP contribution in [-0.4, -0.2) is 25.4 Å². The molecule has 10 heteroatoms. The van der Waals surface area contributed by atoms with E-state index in [0.29, 0.717) is 22.6 Å². The van der Waals surface area contributed by atoms with Crippen LogP contribution in [0.2, 0.25) is 5.02 Å². The summed E-state index contributed by atoms with van der Waals surface area (Å²) in [6.45, 7) is 2.86. The van der Waals surface area contributed by atoms with Gasteiger partial charge in [0, 0.05) is 12.6 Å². The van der Waals surface area contributed by atoms with E-state index in [4.69, 9.17) is 16.7 Å². The summed E-state index contributed by atoms with van der Waals surface area (Å²) in [4.78, 5) is 22.0. The lowest BCUT2D eigenvalue weighted by Crippen LogP contribution is -2.12. The minimum Gasteiger partial charge on any atom is -0.477 e. The average Bonchev–Trinajstić information content (AvgIpc) is 2.84. The van der Waals surface area contributed by atoms with Gasteiger partial charge in [0.15, 0.2) is 0 Å². The predicted molar refractivity (Wildman–Crippen MR) is 92.6 cm³/mol. The molecule has 0 saturated heterocycles. The summed E-state index contributed by atoms with van der Waals surface area (Å²) in [5, 5.41) is 11.6. The molecule has 0 aliphatic heterocycles. The third-order valence-corrected chi connectivity index (χ3v) is 6.26. The van der Waals surface area contributed by atoms with Crippen molar-refractivity contribution in [1.82, 2.24) is 0 Å². The molecule has 0 aliphatic carbocycles. The molecular weight excluding hydrogens is 376 g/mol. The second-order valence-electron chi connectivity index (χ2n) is 4.86. The number of aromatic carboxylic acids is 1. The average molecular weight is 389 g/mol. The van der Waals surface area contributed by atoms with E-state index in [0.717, 1.165) is 0 Å². The van der Waals surface area contributed by atoms with Crippen LogP contribution < -0.4 is 10.0 Å². The van der Waals surface area contributed by atoms with Gasteiger partial charge in [0.05, 0.1) is 10.7 Å². The second kappa shape index (κ2) is 6.80. The van der Waals surface area contributed by atoms with Gasteiger partial charge in [0.2, 0.25) is 5.91 Å². The number of hydrogen-bond acceptors (Lipinski definition) is 5. The van der Waals surface area contributed by atoms with Gasteiger partial charge in [0.25, 0.3) is 10.0 Å². The fraction of sp³-hybridized carbons (Fsp3) is 0.143. The molecule has 0 saturated carbocycles. The second-order valence-corrected chi connectivity index (χ2v) is 8.23. The minimum absolute atomic E-state index is 0.0394. The SMILES string of the molecule is CC(=O)Nc1ccc(NS(=O)(=O)c2cc(C)c(C(=O)O)s2)c(Cl)c1. The third kappa shape index (κ3) is 4.05. The first-order valence-electron chi connectivity index (χ1n) is 6.54. The molecule has 0 fully saturated rings. The number of halogens is 1. The van der Waals surface area contributed by atoms with Gasteiger partial charge in [-0.3, -0.25) is 9.52 Å². The van der Waals surface area contributed by atoms with Crippen molar-refractivity contribution in [3.05, 3.63) is 39.7 Å². The number of rotatable bonds is 5. The van der Waals surface area contributed by atoms with Crippen LogP contribution in [0.25, 0.3) is 0 Å². The number of carboxylic acids is 1. The number of benzene rings is 1. The Morgan fingerprint density at radius 3 is 2.42 bits per heavy atom. The molecule has 3 N–H and O–H groups in total. The Morgan fingerprint density at radius 1 is 1.25 bits per heavy atom. The number of thiophene rings is 1. The van der Waals surface area contributed by atoms with E-state index in [9.17, 15) is 18.0 Å². The molecule has 0 radical (unpaired) electrons. The number of amides is 1. The fourth-order valence-corrected chi connectivity index (χ4v) is 4.61. The van der Waals surface area contributed by atoms with Crippen LogP contribution in [0.4, 0.5) is 11.4 Å². The standard InChI is InChI=1S/C14H13ClN2O5S2/c1-7-5-12(23-13(7)14(19)20)24(21,22)17-11-4-3-9(6-10(11)15)16-8(2)18/h3-6,17H,1-2H3,(H,16,18)(H,19,20). The maximum absolute atomic E-state index is 12.4. The molecule has 0 spiro atoms. The van der Waals surface area contributed by atoms with Gasteiger partial charge >= 0.3 is 5.97 Å². The van der Waals surface area contributed by atoms with Crippen molar-refractivity contribution >= 4 is 56.2 Å². The highest BCUT2D eigenvalue weighted by Gasteiger charge is 2.22. The minimum atomic E-state index is -3.97. The van der Waals surface area contributed by atoms with E-state index in [1.807, 2.05) is 0 Å². The molecule has 1 aromatic carbocycles. The van der Waals surface area contributed by atoms with Gasteiger partial charge in [-0.2, -0.15) is 0 Å². The number of sulfonamides is 1. The number of carboxylic acid groups (broad SMARTS) is 1. The van der Waals surface area contributed by atoms with Crippen molar-refractivity contribution in [3.8, 4) is 0 Å². The summed E-state index contributed by atoms with van der Waals surface area (Å²) in [5.74, 6) is -1.47. The number of anilines is 2. The quantitative estimate of drug-likeness (QED) is 0.728. The highest BCUT2D eigenvalue weighted by Crippen LogP contribution is 2.31. The van der Waals surface area contributed by atoms with Crippen molar-refractivity contribution in [2.75, 3.05) is 10.0 Å². The summed E-state index contributed by atoms with van der Waals surface area (Å²) in [6, 6.07) is 5.59. The highest BCUT2D eigenvalue weighted by atomic mass is 35.5. The molecule has 24 heavy (non-hydrogen) atoms. The monoisotopic (exact) mass is 388 g/mol. The van der Waals surface area contributed by atoms with Crippen LogP contribution in [0.3, 0.4) is 0 Å². The van der Waals surface area contributed by atoms with Crippen LogP contribution in [0.5, 0.6) is 0 Å². The van der Waals surface area contributed by atoms with Gasteiger partial charge in [-0.25, -0.2) is 13.2 Å². The van der Waals surface area contributed by atoms with Crippen molar-refractivity contribution in [2.24, 2.45) is 0 Å². The van der Waals surface area contributed by atoms with Crippen molar-refractivity contribution in [1.29, 1.82) is 0 Å². The van der Waals surface area contributed by atoms with E-state index < -0.39 is 16.0 Å². The Balaban J connectivity index is 2.31. The number of carbonyl (C=O) groups excluding carboxylic acids is 1. The summed E-state index contributed by atoms with van der Waals surface area (Å²) in [6.07, 6.45) is 0. The lowest BCUT2D eigenvalue weighted by molar-refractivity contribution is -0.114. The Bertz CT molecular complexity index is 921. The molecule has 1 aromatic heterocycles. The zero-order valence-corrected chi connectivity index (χ0v) is 15.0. The Morgan fingerprint density at radius 2 is 1.92 bits per heavy atom. The Kier molecular flexibility index (Phi) is 5.16. The molecule has 2 rings (SSSR count). The first-order chi connectivity index (χ1) is 11.1. The zero-order valence-electron chi connectivity index (χ0n) is 12.6. The van der Waals surface area contributed by atoms with Crippen molar-refractivity contribution in [2.45, 2.75) is 18.1 Å². The molecule has 2 aromatic rings. The van der Waals surface area contributed by atoms with Gasteiger partial charge < -0.3 is 10.4 Å². The Hall–Kier alpha value is -2.10. The fourth-order valence-electron chi connectivity index (χ4n) is 1.87. The maximum atomic E-state index is 12.4. The number of carbonyl (C=O) groups is 2. The van der Waals surface area contributed by atoms with Crippen LogP contribution in [-0.2, 0) is 14.8 Å². The highest BCUT2D eigenvalue weighted by molar-refractivity contribution is 7.94. The van der Waals surface area contributed by atoms with Crippen LogP contribution >= 0.6 is 22.9 Å². The van der Waals surface area contributed by atoms with Crippen LogP contribution in [0.15, 0.2) is 28.5 Å². The summed E-state index contributed by atoms with van der Waals surface area (Å²) < 4.78 is 26.9. The first-order valence-corrected chi connectivity index (χ1v) is 9.21. The molecule has 0 bridgehead atoms.